The molecule has 0 radical (unpaired) electrons. The molecule has 0 aliphatic rings. The molecule has 5 nitrogen and oxygen atoms in total. The summed E-state index contributed by atoms with van der Waals surface area (Å²) in [7, 11) is -3.98. The third-order valence-electron chi connectivity index (χ3n) is 3.87. The van der Waals surface area contributed by atoms with Crippen molar-refractivity contribution in [3.05, 3.63) is 59.1 Å². The van der Waals surface area contributed by atoms with E-state index in [1.807, 2.05) is 26.0 Å². The van der Waals surface area contributed by atoms with Crippen molar-refractivity contribution >= 4 is 33.3 Å². The van der Waals surface area contributed by atoms with Crippen molar-refractivity contribution in [1.82, 2.24) is 0 Å². The molecular formula is C20H24ClNO4S. The van der Waals surface area contributed by atoms with E-state index in [1.165, 1.54) is 24.3 Å². The van der Waals surface area contributed by atoms with Crippen LogP contribution in [0.4, 0.5) is 5.69 Å². The van der Waals surface area contributed by atoms with Gasteiger partial charge in [-0.1, -0.05) is 43.6 Å². The normalized spacial score (nSPS) is 11.7. The number of nitrogens with zero attached hydrogens (tertiary/aromatic N) is 1. The lowest BCUT2D eigenvalue weighted by molar-refractivity contribution is -0.145. The van der Waals surface area contributed by atoms with Crippen LogP contribution in [0.3, 0.4) is 0 Å². The van der Waals surface area contributed by atoms with Crippen LogP contribution in [0.1, 0.15) is 39.2 Å². The second-order valence-electron chi connectivity index (χ2n) is 6.72. The number of carbonyl (C=O) groups is 1. The molecule has 7 heteroatoms. The van der Waals surface area contributed by atoms with Gasteiger partial charge < -0.3 is 4.74 Å². The number of ether oxygens (including phenoxy) is 1. The first-order valence-corrected chi connectivity index (χ1v) is 10.5. The predicted molar refractivity (Wildman–Crippen MR) is 108 cm³/mol. The van der Waals surface area contributed by atoms with Crippen molar-refractivity contribution < 1.29 is 17.9 Å². The van der Waals surface area contributed by atoms with Crippen LogP contribution in [0.15, 0.2) is 53.4 Å². The van der Waals surface area contributed by atoms with Crippen molar-refractivity contribution in [2.75, 3.05) is 10.8 Å². The van der Waals surface area contributed by atoms with Gasteiger partial charge in [-0.3, -0.25) is 9.10 Å². The molecule has 0 saturated carbocycles. The molecule has 0 spiro atoms. The second kappa shape index (κ2) is 8.76. The zero-order valence-corrected chi connectivity index (χ0v) is 17.4. The van der Waals surface area contributed by atoms with Crippen molar-refractivity contribution in [2.45, 2.75) is 44.6 Å². The molecule has 0 saturated heterocycles. The molecule has 0 fully saturated rings. The Morgan fingerprint density at radius 3 is 2.19 bits per heavy atom. The van der Waals surface area contributed by atoms with Crippen LogP contribution in [-0.2, 0) is 19.6 Å². The topological polar surface area (TPSA) is 63.7 Å². The summed E-state index contributed by atoms with van der Waals surface area (Å²) >= 11 is 5.88. The van der Waals surface area contributed by atoms with Gasteiger partial charge in [-0.05, 0) is 55.7 Å². The van der Waals surface area contributed by atoms with E-state index in [4.69, 9.17) is 16.3 Å². The fourth-order valence-electron chi connectivity index (χ4n) is 2.65. The third-order valence-corrected chi connectivity index (χ3v) is 5.89. The first-order chi connectivity index (χ1) is 12.6. The van der Waals surface area contributed by atoms with E-state index in [0.29, 0.717) is 10.7 Å². The molecule has 2 aromatic rings. The molecule has 0 bridgehead atoms. The zero-order valence-electron chi connectivity index (χ0n) is 15.8. The Hall–Kier alpha value is -2.05. The highest BCUT2D eigenvalue weighted by Crippen LogP contribution is 2.31. The first kappa shape index (κ1) is 21.3. The number of rotatable bonds is 7. The molecule has 0 aliphatic heterocycles. The van der Waals surface area contributed by atoms with Gasteiger partial charge in [0.1, 0.15) is 6.54 Å². The lowest BCUT2D eigenvalue weighted by Crippen LogP contribution is -2.38. The number of hydrogen-bond acceptors (Lipinski definition) is 4. The van der Waals surface area contributed by atoms with E-state index >= 15 is 0 Å². The zero-order chi connectivity index (χ0) is 20.2. The third kappa shape index (κ3) is 5.23. The molecule has 27 heavy (non-hydrogen) atoms. The van der Waals surface area contributed by atoms with Crippen LogP contribution in [-0.4, -0.2) is 27.0 Å². The SMILES string of the molecule is CC(C)OC(=O)CN(c1ccccc1C(C)C)S(=O)(=O)c1ccc(Cl)cc1. The Bertz CT molecular complexity index is 892. The highest BCUT2D eigenvalue weighted by molar-refractivity contribution is 7.92. The molecule has 146 valence electrons. The molecule has 0 aliphatic carbocycles. The van der Waals surface area contributed by atoms with Crippen LogP contribution < -0.4 is 4.31 Å². The van der Waals surface area contributed by atoms with E-state index in [1.54, 1.807) is 26.0 Å². The summed E-state index contributed by atoms with van der Waals surface area (Å²) in [5, 5.41) is 0.433. The van der Waals surface area contributed by atoms with Crippen molar-refractivity contribution in [3.63, 3.8) is 0 Å². The van der Waals surface area contributed by atoms with Gasteiger partial charge in [-0.25, -0.2) is 8.42 Å². The summed E-state index contributed by atoms with van der Waals surface area (Å²) in [6.07, 6.45) is -0.335. The van der Waals surface area contributed by atoms with Gasteiger partial charge in [0.05, 0.1) is 16.7 Å². The standard InChI is InChI=1S/C20H24ClNO4S/c1-14(2)18-7-5-6-8-19(18)22(13-20(23)26-15(3)4)27(24,25)17-11-9-16(21)10-12-17/h5-12,14-15H,13H2,1-4H3. The fourth-order valence-corrected chi connectivity index (χ4v) is 4.21. The maximum Gasteiger partial charge on any atom is 0.327 e. The summed E-state index contributed by atoms with van der Waals surface area (Å²) in [5.74, 6) is -0.536. The van der Waals surface area contributed by atoms with Gasteiger partial charge in [-0.2, -0.15) is 0 Å². The lowest BCUT2D eigenvalue weighted by Gasteiger charge is -2.27. The number of carbonyl (C=O) groups excluding carboxylic acids is 1. The highest BCUT2D eigenvalue weighted by Gasteiger charge is 2.30. The van der Waals surface area contributed by atoms with Gasteiger partial charge in [0.25, 0.3) is 10.0 Å². The van der Waals surface area contributed by atoms with E-state index in [9.17, 15) is 13.2 Å². The lowest BCUT2D eigenvalue weighted by atomic mass is 10.0. The number of esters is 1. The fraction of sp³-hybridized carbons (Fsp3) is 0.350. The number of sulfonamides is 1. The average Bonchev–Trinajstić information content (AvgIpc) is 2.59. The summed E-state index contributed by atoms with van der Waals surface area (Å²) in [5.41, 5.74) is 1.29. The van der Waals surface area contributed by atoms with Gasteiger partial charge in [0.15, 0.2) is 0 Å². The van der Waals surface area contributed by atoms with Crippen molar-refractivity contribution in [2.24, 2.45) is 0 Å². The Morgan fingerprint density at radius 2 is 1.63 bits per heavy atom. The smallest absolute Gasteiger partial charge is 0.327 e. The first-order valence-electron chi connectivity index (χ1n) is 8.69. The van der Waals surface area contributed by atoms with Gasteiger partial charge in [0, 0.05) is 5.02 Å². The number of benzene rings is 2. The Morgan fingerprint density at radius 1 is 1.04 bits per heavy atom. The summed E-state index contributed by atoms with van der Waals surface area (Å²) in [4.78, 5) is 12.4. The minimum Gasteiger partial charge on any atom is -0.462 e. The maximum atomic E-state index is 13.3. The number of para-hydroxylation sites is 1. The highest BCUT2D eigenvalue weighted by atomic mass is 35.5. The minimum atomic E-state index is -3.98. The van der Waals surface area contributed by atoms with E-state index in [-0.39, 0.29) is 16.9 Å². The molecular weight excluding hydrogens is 386 g/mol. The predicted octanol–water partition coefficient (Wildman–Crippen LogP) is 4.61. The van der Waals surface area contributed by atoms with Crippen LogP contribution in [0.25, 0.3) is 0 Å². The van der Waals surface area contributed by atoms with Crippen LogP contribution in [0.5, 0.6) is 0 Å². The molecule has 2 aromatic carbocycles. The van der Waals surface area contributed by atoms with Crippen molar-refractivity contribution in [1.29, 1.82) is 0 Å². The van der Waals surface area contributed by atoms with E-state index in [2.05, 4.69) is 0 Å². The van der Waals surface area contributed by atoms with Gasteiger partial charge in [0.2, 0.25) is 0 Å². The van der Waals surface area contributed by atoms with Crippen LogP contribution in [0, 0.1) is 0 Å². The molecule has 0 amide bonds. The molecule has 0 N–H and O–H groups in total. The number of halogens is 1. The maximum absolute atomic E-state index is 13.3. The number of anilines is 1. The summed E-state index contributed by atoms with van der Waals surface area (Å²) < 4.78 is 32.9. The monoisotopic (exact) mass is 409 g/mol. The summed E-state index contributed by atoms with van der Waals surface area (Å²) in [6, 6.07) is 13.0. The second-order valence-corrected chi connectivity index (χ2v) is 9.02. The van der Waals surface area contributed by atoms with E-state index < -0.39 is 22.5 Å². The Labute approximate surface area is 166 Å². The Balaban J connectivity index is 2.56. The van der Waals surface area contributed by atoms with Crippen LogP contribution >= 0.6 is 11.6 Å². The van der Waals surface area contributed by atoms with Gasteiger partial charge in [-0.15, -0.1) is 0 Å². The minimum absolute atomic E-state index is 0.0582. The largest absolute Gasteiger partial charge is 0.462 e. The summed E-state index contributed by atoms with van der Waals surface area (Å²) in [6.45, 7) is 6.97. The average molecular weight is 410 g/mol. The molecule has 2 rings (SSSR count). The van der Waals surface area contributed by atoms with E-state index in [0.717, 1.165) is 9.87 Å². The van der Waals surface area contributed by atoms with Gasteiger partial charge >= 0.3 is 5.97 Å². The molecule has 0 aromatic heterocycles. The van der Waals surface area contributed by atoms with Crippen LogP contribution in [0.2, 0.25) is 5.02 Å². The quantitative estimate of drug-likeness (QED) is 0.626. The molecule has 0 heterocycles. The molecule has 0 unspecified atom stereocenters. The number of hydrogen-bond donors (Lipinski definition) is 0. The van der Waals surface area contributed by atoms with Crippen molar-refractivity contribution in [3.8, 4) is 0 Å². The Kier molecular flexibility index (Phi) is 6.89. The molecule has 0 atom stereocenters.